The predicted molar refractivity (Wildman–Crippen MR) is 122 cm³/mol. The zero-order valence-electron chi connectivity index (χ0n) is 17.1. The number of carbonyl (C=O) groups excluding carboxylic acids is 2. The molecule has 1 aromatic heterocycles. The largest absolute Gasteiger partial charge is 0.438 e. The summed E-state index contributed by atoms with van der Waals surface area (Å²) in [4.78, 5) is 43.3. The number of aliphatic imine (C=N–C) groups is 1. The summed E-state index contributed by atoms with van der Waals surface area (Å²) in [6, 6.07) is 18.8. The highest BCUT2D eigenvalue weighted by Gasteiger charge is 2.33. The number of allylic oxidation sites excluding steroid dienone is 2. The predicted octanol–water partition coefficient (Wildman–Crippen LogP) is 2.71. The first-order valence-electron chi connectivity index (χ1n) is 9.69. The van der Waals surface area contributed by atoms with Gasteiger partial charge in [0.15, 0.2) is 12.2 Å². The molecule has 2 aromatic carbocycles. The monoisotopic (exact) mass is 447 g/mol. The Morgan fingerprint density at radius 2 is 1.81 bits per heavy atom. The van der Waals surface area contributed by atoms with Crippen LogP contribution in [0.5, 0.6) is 0 Å². The molecule has 0 radical (unpaired) electrons. The second kappa shape index (κ2) is 9.44. The fraction of sp³-hybridized carbons (Fsp3) is 0.0870. The average Bonchev–Trinajstić information content (AvgIpc) is 3.31. The van der Waals surface area contributed by atoms with E-state index in [1.807, 2.05) is 54.6 Å². The van der Waals surface area contributed by atoms with Gasteiger partial charge < -0.3 is 0 Å². The van der Waals surface area contributed by atoms with Crippen molar-refractivity contribution in [2.75, 3.05) is 10.7 Å². The van der Waals surface area contributed by atoms with Gasteiger partial charge in [0.2, 0.25) is 5.78 Å². The Balaban J connectivity index is 1.59. The van der Waals surface area contributed by atoms with Crippen molar-refractivity contribution in [3.63, 3.8) is 0 Å². The standard InChI is InChI=1S/C23H18N4O4S/c1-26-20(22(30)31-25-26)19(28)15-32-23-24-18(14-8-11-16-9-4-2-5-10-16)21(29)27(23)17-12-6-3-7-13-17/h2-14H,15H2,1H3/p+1/b11-8+,18-14+. The molecule has 1 aliphatic rings. The maximum atomic E-state index is 13.1. The molecule has 0 saturated carbocycles. The Labute approximate surface area is 187 Å². The van der Waals surface area contributed by atoms with Crippen molar-refractivity contribution in [2.24, 2.45) is 12.0 Å². The van der Waals surface area contributed by atoms with Crippen LogP contribution < -0.4 is 15.2 Å². The molecule has 1 amide bonds. The van der Waals surface area contributed by atoms with Crippen molar-refractivity contribution in [2.45, 2.75) is 0 Å². The minimum atomic E-state index is -0.742. The number of para-hydroxylation sites is 1. The van der Waals surface area contributed by atoms with Gasteiger partial charge in [0.1, 0.15) is 5.70 Å². The first kappa shape index (κ1) is 21.3. The van der Waals surface area contributed by atoms with E-state index in [1.54, 1.807) is 24.3 Å². The quantitative estimate of drug-likeness (QED) is 0.356. The molecule has 3 aromatic rings. The number of H-pyrrole nitrogens is 1. The van der Waals surface area contributed by atoms with Gasteiger partial charge in [-0.2, -0.15) is 0 Å². The number of aromatic nitrogens is 2. The van der Waals surface area contributed by atoms with Gasteiger partial charge in [-0.05, 0) is 29.0 Å². The third-order valence-electron chi connectivity index (χ3n) is 4.59. The van der Waals surface area contributed by atoms with Gasteiger partial charge in [0, 0.05) is 0 Å². The van der Waals surface area contributed by atoms with Gasteiger partial charge in [-0.25, -0.2) is 9.79 Å². The van der Waals surface area contributed by atoms with E-state index in [0.29, 0.717) is 10.9 Å². The van der Waals surface area contributed by atoms with Crippen LogP contribution in [0.15, 0.2) is 92.8 Å². The number of benzene rings is 2. The van der Waals surface area contributed by atoms with Crippen molar-refractivity contribution in [3.8, 4) is 0 Å². The van der Waals surface area contributed by atoms with Crippen LogP contribution >= 0.6 is 11.8 Å². The lowest BCUT2D eigenvalue weighted by Crippen LogP contribution is -2.40. The number of Topliss-reactive ketones (excluding diaryl/α,β-unsaturated/α-hetero) is 1. The van der Waals surface area contributed by atoms with Crippen molar-refractivity contribution < 1.29 is 18.8 Å². The fourth-order valence-corrected chi connectivity index (χ4v) is 3.94. The van der Waals surface area contributed by atoms with E-state index in [2.05, 4.69) is 14.8 Å². The normalized spacial score (nSPS) is 15.0. The van der Waals surface area contributed by atoms with Crippen molar-refractivity contribution in [3.05, 3.63) is 100 Å². The summed E-state index contributed by atoms with van der Waals surface area (Å²) in [6.45, 7) is 0. The molecule has 0 fully saturated rings. The molecular formula is C23H19N4O4S+. The maximum Gasteiger partial charge on any atom is 0.438 e. The summed E-state index contributed by atoms with van der Waals surface area (Å²) in [6.07, 6.45) is 5.28. The first-order valence-corrected chi connectivity index (χ1v) is 10.7. The Kier molecular flexibility index (Phi) is 6.27. The lowest BCUT2D eigenvalue weighted by atomic mass is 10.2. The molecule has 4 rings (SSSR count). The number of aryl methyl sites for hydroxylation is 1. The number of carbonyl (C=O) groups is 2. The summed E-state index contributed by atoms with van der Waals surface area (Å²) in [5, 5.41) is 2.68. The molecule has 160 valence electrons. The number of nitrogens with zero attached hydrogens (tertiary/aromatic N) is 3. The Bertz CT molecular complexity index is 1290. The zero-order chi connectivity index (χ0) is 22.5. The summed E-state index contributed by atoms with van der Waals surface area (Å²) in [5.74, 6) is -0.813. The maximum absolute atomic E-state index is 13.1. The molecule has 0 aliphatic carbocycles. The number of nitrogens with one attached hydrogen (secondary N) is 1. The Hall–Kier alpha value is -3.98. The SMILES string of the molecule is C[n+]1[nH]oc(=O)c1C(=O)CSC1=N/C(=C/C=C/c2ccccc2)C(=O)N1c1ccccc1. The van der Waals surface area contributed by atoms with Gasteiger partial charge in [-0.3, -0.25) is 19.0 Å². The van der Waals surface area contributed by atoms with Crippen LogP contribution in [0.4, 0.5) is 5.69 Å². The zero-order valence-corrected chi connectivity index (χ0v) is 17.9. The topological polar surface area (TPSA) is 99.6 Å². The second-order valence-electron chi connectivity index (χ2n) is 6.79. The summed E-state index contributed by atoms with van der Waals surface area (Å²) < 4.78 is 5.86. The summed E-state index contributed by atoms with van der Waals surface area (Å²) in [7, 11) is 1.51. The number of amidine groups is 1. The van der Waals surface area contributed by atoms with E-state index in [1.165, 1.54) is 16.6 Å². The summed E-state index contributed by atoms with van der Waals surface area (Å²) >= 11 is 1.08. The van der Waals surface area contributed by atoms with E-state index in [9.17, 15) is 14.4 Å². The number of amides is 1. The molecule has 9 heteroatoms. The lowest BCUT2D eigenvalue weighted by Gasteiger charge is -2.17. The van der Waals surface area contributed by atoms with E-state index in [0.717, 1.165) is 17.3 Å². The highest BCUT2D eigenvalue weighted by Crippen LogP contribution is 2.28. The van der Waals surface area contributed by atoms with E-state index in [4.69, 9.17) is 0 Å². The van der Waals surface area contributed by atoms with Gasteiger partial charge in [-0.1, -0.05) is 77.1 Å². The molecule has 0 atom stereocenters. The number of aromatic amines is 1. The smallest absolute Gasteiger partial charge is 0.286 e. The number of hydrogen-bond donors (Lipinski definition) is 1. The minimum absolute atomic E-state index is 0.0843. The van der Waals surface area contributed by atoms with Crippen LogP contribution in [0.2, 0.25) is 0 Å². The molecule has 0 bridgehead atoms. The number of rotatable bonds is 6. The third kappa shape index (κ3) is 4.52. The number of thioether (sulfide) groups is 1. The van der Waals surface area contributed by atoms with Crippen molar-refractivity contribution in [1.82, 2.24) is 5.27 Å². The molecule has 1 N–H and O–H groups in total. The van der Waals surface area contributed by atoms with E-state index < -0.39 is 11.4 Å². The van der Waals surface area contributed by atoms with Gasteiger partial charge >= 0.3 is 11.3 Å². The van der Waals surface area contributed by atoms with Gasteiger partial charge in [-0.15, -0.1) is 0 Å². The molecule has 2 heterocycles. The van der Waals surface area contributed by atoms with Gasteiger partial charge in [0.25, 0.3) is 5.91 Å². The third-order valence-corrected chi connectivity index (χ3v) is 5.53. The van der Waals surface area contributed by atoms with Crippen LogP contribution in [0, 0.1) is 0 Å². The second-order valence-corrected chi connectivity index (χ2v) is 7.73. The van der Waals surface area contributed by atoms with E-state index in [-0.39, 0.29) is 23.1 Å². The minimum Gasteiger partial charge on any atom is -0.286 e. The molecule has 0 saturated heterocycles. The van der Waals surface area contributed by atoms with Crippen LogP contribution in [0.25, 0.3) is 6.08 Å². The summed E-state index contributed by atoms with van der Waals surface area (Å²) in [5.41, 5.74) is 1.04. The van der Waals surface area contributed by atoms with Gasteiger partial charge in [0.05, 0.1) is 11.4 Å². The molecule has 0 unspecified atom stereocenters. The number of ketones is 1. The van der Waals surface area contributed by atoms with Crippen LogP contribution in [-0.2, 0) is 11.8 Å². The highest BCUT2D eigenvalue weighted by molar-refractivity contribution is 8.14. The van der Waals surface area contributed by atoms with E-state index >= 15 is 0 Å². The van der Waals surface area contributed by atoms with Crippen molar-refractivity contribution >= 4 is 40.4 Å². The molecule has 1 aliphatic heterocycles. The number of anilines is 1. The van der Waals surface area contributed by atoms with Crippen LogP contribution in [0.1, 0.15) is 16.1 Å². The lowest BCUT2D eigenvalue weighted by molar-refractivity contribution is -0.741. The Morgan fingerprint density at radius 1 is 1.12 bits per heavy atom. The van der Waals surface area contributed by atoms with Crippen LogP contribution in [0.3, 0.4) is 0 Å². The molecular weight excluding hydrogens is 428 g/mol. The average molecular weight is 447 g/mol. The first-order chi connectivity index (χ1) is 15.5. The molecule has 32 heavy (non-hydrogen) atoms. The fourth-order valence-electron chi connectivity index (χ4n) is 3.07. The van der Waals surface area contributed by atoms with Crippen LogP contribution in [-0.4, -0.2) is 27.9 Å². The Morgan fingerprint density at radius 3 is 2.47 bits per heavy atom. The molecule has 0 spiro atoms. The van der Waals surface area contributed by atoms with Crippen molar-refractivity contribution in [1.29, 1.82) is 0 Å². The molecule has 8 nitrogen and oxygen atoms in total. The highest BCUT2D eigenvalue weighted by atomic mass is 32.2. The number of hydrogen-bond acceptors (Lipinski definition) is 6.